The van der Waals surface area contributed by atoms with Crippen molar-refractivity contribution >= 4 is 51.1 Å². The van der Waals surface area contributed by atoms with Crippen molar-refractivity contribution in [3.63, 3.8) is 0 Å². The molecule has 0 spiro atoms. The molecule has 1 aromatic carbocycles. The third-order valence-electron chi connectivity index (χ3n) is 3.86. The fourth-order valence-electron chi connectivity index (χ4n) is 2.31. The van der Waals surface area contributed by atoms with E-state index in [-0.39, 0.29) is 0 Å². The Labute approximate surface area is 165 Å². The van der Waals surface area contributed by atoms with Crippen LogP contribution in [0.4, 0.5) is 28.1 Å². The molecule has 0 saturated heterocycles. The molecule has 2 aromatic heterocycles. The van der Waals surface area contributed by atoms with Crippen LogP contribution in [0.3, 0.4) is 0 Å². The van der Waals surface area contributed by atoms with Gasteiger partial charge in [0.2, 0.25) is 0 Å². The lowest BCUT2D eigenvalue weighted by atomic mass is 10.2. The maximum Gasteiger partial charge on any atom is 0.188 e. The van der Waals surface area contributed by atoms with Crippen LogP contribution in [0.2, 0.25) is 5.02 Å². The summed E-state index contributed by atoms with van der Waals surface area (Å²) in [4.78, 5) is 14.0. The van der Waals surface area contributed by atoms with Gasteiger partial charge in [-0.1, -0.05) is 11.6 Å². The van der Waals surface area contributed by atoms with Gasteiger partial charge in [0.1, 0.15) is 23.5 Å². The molecule has 0 aliphatic heterocycles. The maximum atomic E-state index is 6.24. The van der Waals surface area contributed by atoms with Crippen LogP contribution in [0.5, 0.6) is 11.5 Å². The molecule has 3 rings (SSSR count). The van der Waals surface area contributed by atoms with Crippen molar-refractivity contribution in [1.29, 1.82) is 0 Å². The van der Waals surface area contributed by atoms with E-state index in [1.807, 2.05) is 13.8 Å². The summed E-state index contributed by atoms with van der Waals surface area (Å²) < 4.78 is 10.6. The molecule has 0 radical (unpaired) electrons. The van der Waals surface area contributed by atoms with Gasteiger partial charge in [0.15, 0.2) is 16.8 Å². The summed E-state index contributed by atoms with van der Waals surface area (Å²) in [5, 5.41) is 7.41. The molecule has 8 nitrogen and oxygen atoms in total. The molecule has 0 fully saturated rings. The van der Waals surface area contributed by atoms with Gasteiger partial charge in [-0.2, -0.15) is 0 Å². The Hall–Kier alpha value is -2.78. The van der Waals surface area contributed by atoms with Crippen LogP contribution in [0, 0.1) is 13.8 Å². The summed E-state index contributed by atoms with van der Waals surface area (Å²) in [6.45, 7) is 3.96. The zero-order chi connectivity index (χ0) is 19.6. The summed E-state index contributed by atoms with van der Waals surface area (Å²) in [5.41, 5.74) is 8.14. The van der Waals surface area contributed by atoms with E-state index in [4.69, 9.17) is 26.8 Å². The van der Waals surface area contributed by atoms with Crippen LogP contribution in [-0.2, 0) is 0 Å². The van der Waals surface area contributed by atoms with Crippen molar-refractivity contribution < 1.29 is 9.47 Å². The second kappa shape index (κ2) is 7.85. The summed E-state index contributed by atoms with van der Waals surface area (Å²) in [5.74, 6) is 1.92. The Morgan fingerprint density at radius 3 is 2.30 bits per heavy atom. The highest BCUT2D eigenvalue weighted by Crippen LogP contribution is 2.38. The lowest BCUT2D eigenvalue weighted by Crippen LogP contribution is -2.06. The molecular weight excluding hydrogens is 388 g/mol. The molecule has 0 unspecified atom stereocenters. The van der Waals surface area contributed by atoms with E-state index < -0.39 is 0 Å². The molecule has 2 heterocycles. The normalized spacial score (nSPS) is 10.6. The zero-order valence-corrected chi connectivity index (χ0v) is 16.8. The summed E-state index contributed by atoms with van der Waals surface area (Å²) in [6, 6.07) is 3.36. The third kappa shape index (κ3) is 3.99. The predicted molar refractivity (Wildman–Crippen MR) is 109 cm³/mol. The maximum absolute atomic E-state index is 6.24. The first-order chi connectivity index (χ1) is 12.9. The standard InChI is InChI=1S/C17H19ClN6O2S/c1-8-9(2)27-17(22-8)24-16-14(19)15(20-7-21-16)23-11-5-10(18)12(25-3)6-13(11)26-4/h5-7H,19H2,1-4H3,(H2,20,21,22,23,24). The van der Waals surface area contributed by atoms with Crippen LogP contribution >= 0.6 is 22.9 Å². The Morgan fingerprint density at radius 2 is 1.70 bits per heavy atom. The first kappa shape index (κ1) is 19.0. The summed E-state index contributed by atoms with van der Waals surface area (Å²) in [7, 11) is 3.09. The number of nitrogens with two attached hydrogens (primary N) is 1. The van der Waals surface area contributed by atoms with Gasteiger partial charge in [-0.05, 0) is 19.9 Å². The van der Waals surface area contributed by atoms with Gasteiger partial charge in [0, 0.05) is 10.9 Å². The van der Waals surface area contributed by atoms with Gasteiger partial charge >= 0.3 is 0 Å². The molecule has 0 saturated carbocycles. The van der Waals surface area contributed by atoms with E-state index in [9.17, 15) is 0 Å². The number of methoxy groups -OCH3 is 2. The first-order valence-corrected chi connectivity index (χ1v) is 9.12. The van der Waals surface area contributed by atoms with Gasteiger partial charge in [-0.3, -0.25) is 0 Å². The average Bonchev–Trinajstić information content (AvgIpc) is 2.96. The molecule has 0 aliphatic carbocycles. The van der Waals surface area contributed by atoms with Crippen molar-refractivity contribution in [1.82, 2.24) is 15.0 Å². The van der Waals surface area contributed by atoms with Crippen molar-refractivity contribution in [3.8, 4) is 11.5 Å². The molecule has 0 amide bonds. The van der Waals surface area contributed by atoms with Gasteiger partial charge in [-0.25, -0.2) is 15.0 Å². The van der Waals surface area contributed by atoms with Gasteiger partial charge in [0.05, 0.1) is 30.6 Å². The summed E-state index contributed by atoms with van der Waals surface area (Å²) in [6.07, 6.45) is 1.41. The molecule has 3 aromatic rings. The van der Waals surface area contributed by atoms with Crippen LogP contribution < -0.4 is 25.8 Å². The van der Waals surface area contributed by atoms with Gasteiger partial charge in [-0.15, -0.1) is 11.3 Å². The van der Waals surface area contributed by atoms with Crippen LogP contribution in [-0.4, -0.2) is 29.2 Å². The largest absolute Gasteiger partial charge is 0.495 e. The van der Waals surface area contributed by atoms with E-state index in [1.54, 1.807) is 19.2 Å². The Balaban J connectivity index is 1.91. The number of thiazole rings is 1. The molecule has 142 valence electrons. The minimum Gasteiger partial charge on any atom is -0.495 e. The number of hydrogen-bond acceptors (Lipinski definition) is 9. The number of hydrogen-bond donors (Lipinski definition) is 3. The van der Waals surface area contributed by atoms with Crippen molar-refractivity contribution in [3.05, 3.63) is 34.1 Å². The van der Waals surface area contributed by atoms with E-state index in [0.717, 1.165) is 10.6 Å². The monoisotopic (exact) mass is 406 g/mol. The van der Waals surface area contributed by atoms with Crippen LogP contribution in [0.25, 0.3) is 0 Å². The second-order valence-corrected chi connectivity index (χ2v) is 7.19. The minimum atomic E-state index is 0.344. The smallest absolute Gasteiger partial charge is 0.188 e. The average molecular weight is 407 g/mol. The van der Waals surface area contributed by atoms with Crippen molar-refractivity contribution in [2.75, 3.05) is 30.6 Å². The number of benzene rings is 1. The summed E-state index contributed by atoms with van der Waals surface area (Å²) >= 11 is 7.75. The lowest BCUT2D eigenvalue weighted by molar-refractivity contribution is 0.396. The molecule has 0 aliphatic rings. The highest BCUT2D eigenvalue weighted by atomic mass is 35.5. The van der Waals surface area contributed by atoms with Crippen molar-refractivity contribution in [2.24, 2.45) is 0 Å². The number of nitrogens with zero attached hydrogens (tertiary/aromatic N) is 3. The number of nitrogens with one attached hydrogen (secondary N) is 2. The number of aromatic nitrogens is 3. The van der Waals surface area contributed by atoms with Gasteiger partial charge in [0.25, 0.3) is 0 Å². The van der Waals surface area contributed by atoms with E-state index in [0.29, 0.717) is 44.7 Å². The Morgan fingerprint density at radius 1 is 1.04 bits per heavy atom. The quantitative estimate of drug-likeness (QED) is 0.556. The number of aryl methyl sites for hydroxylation is 2. The SMILES string of the molecule is COc1cc(OC)c(Nc2ncnc(Nc3nc(C)c(C)s3)c2N)cc1Cl. The number of nitrogen functional groups attached to an aromatic ring is 1. The number of ether oxygens (including phenoxy) is 2. The topological polar surface area (TPSA) is 107 Å². The van der Waals surface area contributed by atoms with Crippen LogP contribution in [0.15, 0.2) is 18.5 Å². The number of halogens is 1. The number of anilines is 5. The van der Waals surface area contributed by atoms with Crippen LogP contribution in [0.1, 0.15) is 10.6 Å². The first-order valence-electron chi connectivity index (χ1n) is 7.93. The highest BCUT2D eigenvalue weighted by Gasteiger charge is 2.15. The fourth-order valence-corrected chi connectivity index (χ4v) is 3.36. The fraction of sp³-hybridized carbons (Fsp3) is 0.235. The predicted octanol–water partition coefficient (Wildman–Crippen LogP) is 4.29. The number of rotatable bonds is 6. The minimum absolute atomic E-state index is 0.344. The van der Waals surface area contributed by atoms with E-state index >= 15 is 0 Å². The molecule has 0 bridgehead atoms. The second-order valence-electron chi connectivity index (χ2n) is 5.58. The Kier molecular flexibility index (Phi) is 5.52. The molecule has 27 heavy (non-hydrogen) atoms. The zero-order valence-electron chi connectivity index (χ0n) is 15.3. The lowest BCUT2D eigenvalue weighted by Gasteiger charge is -2.15. The highest BCUT2D eigenvalue weighted by molar-refractivity contribution is 7.15. The van der Waals surface area contributed by atoms with E-state index in [2.05, 4.69) is 25.6 Å². The molecular formula is C17H19ClN6O2S. The Bertz CT molecular complexity index is 959. The molecule has 10 heteroatoms. The third-order valence-corrected chi connectivity index (χ3v) is 5.15. The molecule has 4 N–H and O–H groups in total. The van der Waals surface area contributed by atoms with Gasteiger partial charge < -0.3 is 25.8 Å². The van der Waals surface area contributed by atoms with Crippen molar-refractivity contribution in [2.45, 2.75) is 13.8 Å². The van der Waals surface area contributed by atoms with E-state index in [1.165, 1.54) is 24.8 Å². The molecule has 0 atom stereocenters.